The molecule has 0 spiro atoms. The van der Waals surface area contributed by atoms with E-state index in [0.29, 0.717) is 0 Å². The Morgan fingerprint density at radius 3 is 1.88 bits per heavy atom. The van der Waals surface area contributed by atoms with Gasteiger partial charge in [0.05, 0.1) is 22.1 Å². The molecule has 51 heavy (non-hydrogen) atoms. The first-order valence-electron chi connectivity index (χ1n) is 18.2. The molecular formula is C48H38N2S. The number of benzene rings is 7. The summed E-state index contributed by atoms with van der Waals surface area (Å²) in [5.74, 6) is 0. The highest BCUT2D eigenvalue weighted by Gasteiger charge is 2.38. The van der Waals surface area contributed by atoms with Gasteiger partial charge in [-0.3, -0.25) is 0 Å². The Morgan fingerprint density at radius 2 is 1.06 bits per heavy atom. The van der Waals surface area contributed by atoms with Crippen molar-refractivity contribution >= 4 is 85.9 Å². The van der Waals surface area contributed by atoms with E-state index >= 15 is 0 Å². The molecule has 0 amide bonds. The molecular weight excluding hydrogens is 637 g/mol. The van der Waals surface area contributed by atoms with Gasteiger partial charge in [0.15, 0.2) is 0 Å². The third-order valence-electron chi connectivity index (χ3n) is 12.1. The molecule has 7 aromatic carbocycles. The number of fused-ring (bicyclic) bond motifs is 12. The van der Waals surface area contributed by atoms with E-state index in [-0.39, 0.29) is 10.8 Å². The fraction of sp³-hybridized carbons (Fsp3) is 0.167. The Balaban J connectivity index is 1.32. The zero-order valence-electron chi connectivity index (χ0n) is 29.4. The molecule has 1 aliphatic carbocycles. The lowest BCUT2D eigenvalue weighted by molar-refractivity contribution is 0.332. The number of hydrogen-bond donors (Lipinski definition) is 0. The summed E-state index contributed by atoms with van der Waals surface area (Å²) in [5, 5.41) is 10.5. The van der Waals surface area contributed by atoms with Gasteiger partial charge in [0.25, 0.3) is 0 Å². The molecule has 3 heteroatoms. The predicted octanol–water partition coefficient (Wildman–Crippen LogP) is 13.8. The van der Waals surface area contributed by atoms with Crippen LogP contribution < -0.4 is 0 Å². The summed E-state index contributed by atoms with van der Waals surface area (Å²) in [5.41, 5.74) is 10.7. The minimum Gasteiger partial charge on any atom is -0.309 e. The maximum Gasteiger partial charge on any atom is 0.0562 e. The van der Waals surface area contributed by atoms with Gasteiger partial charge in [-0.15, -0.1) is 11.3 Å². The van der Waals surface area contributed by atoms with Crippen LogP contribution in [0.5, 0.6) is 0 Å². The van der Waals surface area contributed by atoms with Crippen LogP contribution in [0.15, 0.2) is 133 Å². The summed E-state index contributed by atoms with van der Waals surface area (Å²) in [6, 6.07) is 50.4. The highest BCUT2D eigenvalue weighted by atomic mass is 32.1. The van der Waals surface area contributed by atoms with E-state index in [1.54, 1.807) is 0 Å². The van der Waals surface area contributed by atoms with E-state index in [1.165, 1.54) is 110 Å². The average molecular weight is 675 g/mol. The van der Waals surface area contributed by atoms with Crippen LogP contribution in [0.4, 0.5) is 0 Å². The van der Waals surface area contributed by atoms with Crippen LogP contribution in [0.1, 0.15) is 51.7 Å². The van der Waals surface area contributed by atoms with Gasteiger partial charge < -0.3 is 9.13 Å². The summed E-state index contributed by atoms with van der Waals surface area (Å²) < 4.78 is 7.70. The van der Waals surface area contributed by atoms with Gasteiger partial charge in [-0.2, -0.15) is 0 Å². The van der Waals surface area contributed by atoms with Crippen molar-refractivity contribution in [2.24, 2.45) is 0 Å². The molecule has 0 saturated carbocycles. The van der Waals surface area contributed by atoms with Gasteiger partial charge in [-0.05, 0) is 106 Å². The molecule has 11 rings (SSSR count). The van der Waals surface area contributed by atoms with Gasteiger partial charge in [0, 0.05) is 53.1 Å². The Kier molecular flexibility index (Phi) is 5.82. The van der Waals surface area contributed by atoms with E-state index in [2.05, 4.69) is 170 Å². The third kappa shape index (κ3) is 4.04. The molecule has 0 radical (unpaired) electrons. The maximum absolute atomic E-state index is 2.56. The molecule has 0 bridgehead atoms. The summed E-state index contributed by atoms with van der Waals surface area (Å²) in [6.07, 6.45) is 2.39. The number of nitrogens with zero attached hydrogens (tertiary/aromatic N) is 2. The van der Waals surface area contributed by atoms with E-state index < -0.39 is 0 Å². The molecule has 3 aromatic heterocycles. The van der Waals surface area contributed by atoms with Crippen LogP contribution in [0.3, 0.4) is 0 Å². The number of hydrogen-bond acceptors (Lipinski definition) is 1. The molecule has 2 nitrogen and oxygen atoms in total. The SMILES string of the molecule is CC1(C)CCC(C)(C)c2cc3c(cc21)c1cc2c4c5ccccc5ccc4n(-c4ccc5c(c4)sc4ccccc45)c2cc1n3-c1ccccc1. The lowest BCUT2D eigenvalue weighted by Crippen LogP contribution is -2.33. The predicted molar refractivity (Wildman–Crippen MR) is 221 cm³/mol. The lowest BCUT2D eigenvalue weighted by Gasteiger charge is -2.42. The van der Waals surface area contributed by atoms with Crippen molar-refractivity contribution in [3.8, 4) is 11.4 Å². The smallest absolute Gasteiger partial charge is 0.0562 e. The standard InChI is InChI=1S/C48H38N2S/c1-47(2)22-23-48(3,4)39-27-41-36(26-38(39)47)35-25-37-43(28-42(35)49(41)30-13-6-5-7-14-30)50(40-21-18-29-12-8-9-15-32(29)46(37)40)31-19-20-34-33-16-10-11-17-44(33)51-45(34)24-31/h5-21,24-28H,22-23H2,1-4H3. The molecule has 10 aromatic rings. The van der Waals surface area contributed by atoms with Gasteiger partial charge in [-0.1, -0.05) is 100 Å². The van der Waals surface area contributed by atoms with Crippen molar-refractivity contribution in [3.63, 3.8) is 0 Å². The second-order valence-corrected chi connectivity index (χ2v) is 17.1. The summed E-state index contributed by atoms with van der Waals surface area (Å²) >= 11 is 1.89. The van der Waals surface area contributed by atoms with Crippen molar-refractivity contribution in [2.75, 3.05) is 0 Å². The Labute approximate surface area is 301 Å². The quantitative estimate of drug-likeness (QED) is 0.173. The zero-order valence-corrected chi connectivity index (χ0v) is 30.2. The molecule has 0 aliphatic heterocycles. The van der Waals surface area contributed by atoms with Crippen LogP contribution in [-0.2, 0) is 10.8 Å². The second-order valence-electron chi connectivity index (χ2n) is 16.0. The van der Waals surface area contributed by atoms with Crippen LogP contribution in [0, 0.1) is 0 Å². The normalized spacial score (nSPS) is 15.6. The molecule has 1 aliphatic rings. The van der Waals surface area contributed by atoms with E-state index in [0.717, 1.165) is 0 Å². The van der Waals surface area contributed by atoms with Gasteiger partial charge >= 0.3 is 0 Å². The maximum atomic E-state index is 2.56. The summed E-state index contributed by atoms with van der Waals surface area (Å²) in [7, 11) is 0. The number of rotatable bonds is 2. The van der Waals surface area contributed by atoms with Crippen molar-refractivity contribution in [3.05, 3.63) is 145 Å². The molecule has 0 N–H and O–H groups in total. The first-order valence-corrected chi connectivity index (χ1v) is 19.0. The van der Waals surface area contributed by atoms with Crippen molar-refractivity contribution in [2.45, 2.75) is 51.4 Å². The van der Waals surface area contributed by atoms with Crippen LogP contribution in [0.25, 0.3) is 85.9 Å². The van der Waals surface area contributed by atoms with Crippen LogP contribution in [0.2, 0.25) is 0 Å². The minimum absolute atomic E-state index is 0.124. The average Bonchev–Trinajstić information content (AvgIpc) is 3.79. The molecule has 0 atom stereocenters. The first-order chi connectivity index (χ1) is 24.8. The molecule has 0 fully saturated rings. The number of thiophene rings is 1. The topological polar surface area (TPSA) is 9.86 Å². The molecule has 246 valence electrons. The van der Waals surface area contributed by atoms with Crippen LogP contribution >= 0.6 is 11.3 Å². The number of para-hydroxylation sites is 1. The third-order valence-corrected chi connectivity index (χ3v) is 13.3. The Bertz CT molecular complexity index is 3080. The second kappa shape index (κ2) is 10.1. The first kappa shape index (κ1) is 29.4. The van der Waals surface area contributed by atoms with E-state index in [1.807, 2.05) is 11.3 Å². The van der Waals surface area contributed by atoms with E-state index in [4.69, 9.17) is 0 Å². The van der Waals surface area contributed by atoms with Crippen molar-refractivity contribution in [1.82, 2.24) is 9.13 Å². The van der Waals surface area contributed by atoms with Crippen LogP contribution in [-0.4, -0.2) is 9.13 Å². The minimum atomic E-state index is 0.124. The lowest BCUT2D eigenvalue weighted by atomic mass is 9.63. The fourth-order valence-electron chi connectivity index (χ4n) is 9.34. The van der Waals surface area contributed by atoms with Crippen molar-refractivity contribution in [1.29, 1.82) is 0 Å². The molecule has 3 heterocycles. The molecule has 0 saturated heterocycles. The van der Waals surface area contributed by atoms with Gasteiger partial charge in [0.1, 0.15) is 0 Å². The van der Waals surface area contributed by atoms with Gasteiger partial charge in [0.2, 0.25) is 0 Å². The van der Waals surface area contributed by atoms with E-state index in [9.17, 15) is 0 Å². The highest BCUT2D eigenvalue weighted by molar-refractivity contribution is 7.25. The van der Waals surface area contributed by atoms with Crippen molar-refractivity contribution < 1.29 is 0 Å². The largest absolute Gasteiger partial charge is 0.309 e. The highest BCUT2D eigenvalue weighted by Crippen LogP contribution is 2.49. The van der Waals surface area contributed by atoms with Gasteiger partial charge in [-0.25, -0.2) is 0 Å². The molecule has 0 unspecified atom stereocenters. The number of aromatic nitrogens is 2. The Hall–Kier alpha value is -5.38. The zero-order chi connectivity index (χ0) is 34.2. The monoisotopic (exact) mass is 674 g/mol. The Morgan fingerprint density at radius 1 is 0.431 bits per heavy atom. The fourth-order valence-corrected chi connectivity index (χ4v) is 10.5. The summed E-state index contributed by atoms with van der Waals surface area (Å²) in [6.45, 7) is 9.75. The summed E-state index contributed by atoms with van der Waals surface area (Å²) in [4.78, 5) is 0.